The molecule has 0 unspecified atom stereocenters. The Morgan fingerprint density at radius 3 is 2.79 bits per heavy atom. The average molecular weight is 419 g/mol. The van der Waals surface area contributed by atoms with Crippen molar-refractivity contribution >= 4 is 22.0 Å². The van der Waals surface area contributed by atoms with Gasteiger partial charge in [0.05, 0.1) is 16.3 Å². The average Bonchev–Trinajstić information content (AvgIpc) is 3.03. The first-order valence-electron chi connectivity index (χ1n) is 9.83. The number of hydrogen-bond acceptors (Lipinski definition) is 5. The summed E-state index contributed by atoms with van der Waals surface area (Å²) in [6, 6.07) is 5.43. The molecule has 2 heterocycles. The number of fused-ring (bicyclic) bond motifs is 3. The van der Waals surface area contributed by atoms with Gasteiger partial charge in [0.15, 0.2) is 16.1 Å². The number of benzene rings is 1. The van der Waals surface area contributed by atoms with Gasteiger partial charge in [0, 0.05) is 24.8 Å². The van der Waals surface area contributed by atoms with Crippen molar-refractivity contribution in [3.63, 3.8) is 0 Å². The lowest BCUT2D eigenvalue weighted by Crippen LogP contribution is -2.22. The van der Waals surface area contributed by atoms with Gasteiger partial charge < -0.3 is 4.74 Å². The highest BCUT2D eigenvalue weighted by atomic mass is 32.2. The number of aryl methyl sites for hydroxylation is 2. The first-order chi connectivity index (χ1) is 13.8. The van der Waals surface area contributed by atoms with Gasteiger partial charge in [-0.15, -0.1) is 0 Å². The Morgan fingerprint density at radius 2 is 2.10 bits per heavy atom. The van der Waals surface area contributed by atoms with Crippen LogP contribution in [0.3, 0.4) is 0 Å². The van der Waals surface area contributed by atoms with Gasteiger partial charge in [0.25, 0.3) is 0 Å². The zero-order valence-electron chi connectivity index (χ0n) is 17.4. The zero-order chi connectivity index (χ0) is 21.2. The fourth-order valence-electron chi connectivity index (χ4n) is 3.57. The quantitative estimate of drug-likeness (QED) is 0.392. The Labute approximate surface area is 171 Å². The molecule has 0 radical (unpaired) electrons. The Morgan fingerprint density at radius 1 is 1.34 bits per heavy atom. The number of amides is 1. The minimum absolute atomic E-state index is 0.196. The van der Waals surface area contributed by atoms with Gasteiger partial charge >= 0.3 is 5.91 Å². The smallest absolute Gasteiger partial charge is 0.374 e. The second-order valence-corrected chi connectivity index (χ2v) is 9.38. The van der Waals surface area contributed by atoms with Crippen molar-refractivity contribution in [2.24, 2.45) is 0 Å². The molecule has 0 aliphatic carbocycles. The van der Waals surface area contributed by atoms with Gasteiger partial charge in [-0.1, -0.05) is 31.9 Å². The molecule has 0 bridgehead atoms. The normalized spacial score (nSPS) is 15.1. The monoisotopic (exact) mass is 418 g/mol. The molecular weight excluding hydrogens is 390 g/mol. The highest BCUT2D eigenvalue weighted by Crippen LogP contribution is 2.40. The van der Waals surface area contributed by atoms with Crippen LogP contribution in [0.5, 0.6) is 0 Å². The molecule has 0 atom stereocenters. The topological polar surface area (TPSA) is 81.3 Å². The van der Waals surface area contributed by atoms with E-state index in [0.29, 0.717) is 22.6 Å². The number of nitrogens with zero attached hydrogens (tertiary/aromatic N) is 3. The summed E-state index contributed by atoms with van der Waals surface area (Å²) in [7, 11) is -0.378. The van der Waals surface area contributed by atoms with E-state index in [1.165, 1.54) is 4.58 Å². The van der Waals surface area contributed by atoms with Gasteiger partial charge in [-0.25, -0.2) is 13.2 Å². The summed E-state index contributed by atoms with van der Waals surface area (Å²) in [5, 5.41) is 4.58. The van der Waals surface area contributed by atoms with Crippen LogP contribution >= 0.6 is 0 Å². The number of carbonyl (C=O) groups is 1. The lowest BCUT2D eigenvalue weighted by molar-refractivity contribution is -0.391. The molecule has 7 nitrogen and oxygen atoms in total. The Kier molecular flexibility index (Phi) is 6.33. The van der Waals surface area contributed by atoms with Gasteiger partial charge in [-0.05, 0) is 25.0 Å². The number of rotatable bonds is 7. The lowest BCUT2D eigenvalue weighted by Gasteiger charge is -2.19. The molecule has 0 spiro atoms. The van der Waals surface area contributed by atoms with Crippen LogP contribution in [0.2, 0.25) is 0 Å². The van der Waals surface area contributed by atoms with Crippen molar-refractivity contribution < 1.29 is 22.5 Å². The van der Waals surface area contributed by atoms with Gasteiger partial charge in [-0.3, -0.25) is 4.68 Å². The minimum atomic E-state index is -3.55. The van der Waals surface area contributed by atoms with Crippen LogP contribution < -0.4 is 0 Å². The molecular formula is C21H28N3O4S+. The molecule has 0 N–H and O–H groups in total. The molecule has 0 saturated heterocycles. The summed E-state index contributed by atoms with van der Waals surface area (Å²) in [6.45, 7) is 4.92. The van der Waals surface area contributed by atoms with E-state index >= 15 is 0 Å². The summed E-state index contributed by atoms with van der Waals surface area (Å²) in [4.78, 5) is 13.3. The van der Waals surface area contributed by atoms with Crippen molar-refractivity contribution in [1.29, 1.82) is 0 Å². The Balaban J connectivity index is 2.19. The molecule has 29 heavy (non-hydrogen) atoms. The maximum Gasteiger partial charge on any atom is 0.439 e. The minimum Gasteiger partial charge on any atom is -0.374 e. The third-order valence-electron chi connectivity index (χ3n) is 5.12. The summed E-state index contributed by atoms with van der Waals surface area (Å²) in [6.07, 6.45) is 4.63. The van der Waals surface area contributed by atoms with Crippen LogP contribution in [0, 0.1) is 6.92 Å². The van der Waals surface area contributed by atoms with Gasteiger partial charge in [0.2, 0.25) is 5.69 Å². The SMILES string of the molecule is CCCCCn1nc(C(=O)[N+](C)=CCOC)c2c1-c1ccc(C)cc1S(=O)(=O)C2. The molecule has 3 rings (SSSR count). The molecule has 0 saturated carbocycles. The van der Waals surface area contributed by atoms with Gasteiger partial charge in [0.1, 0.15) is 13.7 Å². The van der Waals surface area contributed by atoms with Crippen LogP contribution in [-0.4, -0.2) is 55.7 Å². The van der Waals surface area contributed by atoms with Crippen molar-refractivity contribution in [3.8, 4) is 11.3 Å². The molecule has 1 amide bonds. The van der Waals surface area contributed by atoms with Crippen LogP contribution in [0.15, 0.2) is 23.1 Å². The number of sulfone groups is 1. The highest BCUT2D eigenvalue weighted by Gasteiger charge is 2.37. The number of carbonyl (C=O) groups excluding carboxylic acids is 1. The number of methoxy groups -OCH3 is 1. The van der Waals surface area contributed by atoms with E-state index in [1.54, 1.807) is 26.4 Å². The van der Waals surface area contributed by atoms with Gasteiger partial charge in [-0.2, -0.15) is 9.67 Å². The Hall–Kier alpha value is -2.32. The van der Waals surface area contributed by atoms with Crippen LogP contribution in [0.25, 0.3) is 11.3 Å². The maximum absolute atomic E-state index is 13.0. The van der Waals surface area contributed by atoms with Crippen molar-refractivity contribution in [2.75, 3.05) is 20.8 Å². The third-order valence-corrected chi connectivity index (χ3v) is 6.80. The molecule has 1 aromatic heterocycles. The first-order valence-corrected chi connectivity index (χ1v) is 11.5. The van der Waals surface area contributed by atoms with Crippen LogP contribution in [0.1, 0.15) is 47.8 Å². The summed E-state index contributed by atoms with van der Waals surface area (Å²) in [5.74, 6) is -0.551. The largest absolute Gasteiger partial charge is 0.439 e. The molecule has 1 aliphatic heterocycles. The van der Waals surface area contributed by atoms with Crippen LogP contribution in [0.4, 0.5) is 0 Å². The molecule has 0 fully saturated rings. The summed E-state index contributed by atoms with van der Waals surface area (Å²) in [5.41, 5.74) is 2.94. The molecule has 8 heteroatoms. The van der Waals surface area contributed by atoms with E-state index in [0.717, 1.165) is 30.5 Å². The predicted octanol–water partition coefficient (Wildman–Crippen LogP) is 2.84. The Bertz CT molecular complexity index is 1070. The zero-order valence-corrected chi connectivity index (χ0v) is 18.3. The highest BCUT2D eigenvalue weighted by molar-refractivity contribution is 7.90. The summed E-state index contributed by atoms with van der Waals surface area (Å²) < 4.78 is 34.2. The predicted molar refractivity (Wildman–Crippen MR) is 111 cm³/mol. The first kappa shape index (κ1) is 21.4. The van der Waals surface area contributed by atoms with E-state index < -0.39 is 9.84 Å². The number of unbranched alkanes of at least 4 members (excludes halogenated alkanes) is 2. The molecule has 156 valence electrons. The van der Waals surface area contributed by atoms with Crippen molar-refractivity contribution in [2.45, 2.75) is 50.3 Å². The summed E-state index contributed by atoms with van der Waals surface area (Å²) >= 11 is 0. The van der Waals surface area contributed by atoms with Crippen molar-refractivity contribution in [1.82, 2.24) is 9.78 Å². The standard InChI is InChI=1S/C21H28N3O4S/c1-5-6-7-10-24-20-16-9-8-15(2)13-18(16)29(26,27)14-17(20)19(22-24)21(25)23(3)11-12-28-4/h8-9,11,13H,5-7,10,12,14H2,1-4H3/q+1. The second kappa shape index (κ2) is 8.59. The number of hydrogen-bond donors (Lipinski definition) is 0. The second-order valence-electron chi connectivity index (χ2n) is 7.42. The number of ether oxygens (including phenoxy) is 1. The van der Waals surface area contributed by atoms with E-state index in [4.69, 9.17) is 4.74 Å². The van der Waals surface area contributed by atoms with E-state index in [1.807, 2.05) is 23.7 Å². The fourth-order valence-corrected chi connectivity index (χ4v) is 5.24. The molecule has 2 aromatic rings. The fraction of sp³-hybridized carbons (Fsp3) is 0.476. The number of aromatic nitrogens is 2. The van der Waals surface area contributed by atoms with E-state index in [-0.39, 0.29) is 24.0 Å². The van der Waals surface area contributed by atoms with E-state index in [2.05, 4.69) is 12.0 Å². The van der Waals surface area contributed by atoms with Crippen LogP contribution in [-0.2, 0) is 26.9 Å². The lowest BCUT2D eigenvalue weighted by atomic mass is 10.0. The third kappa shape index (κ3) is 4.18. The maximum atomic E-state index is 13.0. The van der Waals surface area contributed by atoms with Crippen molar-refractivity contribution in [3.05, 3.63) is 35.0 Å². The van der Waals surface area contributed by atoms with E-state index in [9.17, 15) is 13.2 Å². The molecule has 1 aliphatic rings. The molecule has 1 aromatic carbocycles.